The minimum Gasteiger partial charge on any atom is -0.242 e. The van der Waals surface area contributed by atoms with E-state index in [0.717, 1.165) is 0 Å². The van der Waals surface area contributed by atoms with Gasteiger partial charge < -0.3 is 0 Å². The first-order valence-electron chi connectivity index (χ1n) is 3.55. The van der Waals surface area contributed by atoms with E-state index in [2.05, 4.69) is 17.8 Å². The third-order valence-electron chi connectivity index (χ3n) is 1.41. The molecule has 0 fully saturated rings. The van der Waals surface area contributed by atoms with Crippen LogP contribution >= 0.6 is 0 Å². The van der Waals surface area contributed by atoms with Gasteiger partial charge in [0.2, 0.25) is 0 Å². The number of halogens is 1. The summed E-state index contributed by atoms with van der Waals surface area (Å²) in [5.74, 6) is 0. The Morgan fingerprint density at radius 3 is 1.83 bits per heavy atom. The van der Waals surface area contributed by atoms with Gasteiger partial charge in [-0.15, -0.1) is 10.2 Å². The van der Waals surface area contributed by atoms with Crippen LogP contribution in [0.4, 0.5) is 0 Å². The van der Waals surface area contributed by atoms with Gasteiger partial charge in [-0.3, -0.25) is 0 Å². The van der Waals surface area contributed by atoms with Gasteiger partial charge in [-0.2, -0.15) is 0 Å². The molecule has 1 heterocycles. The second kappa shape index (κ2) is 5.45. The van der Waals surface area contributed by atoms with Gasteiger partial charge in [0.25, 0.3) is 0 Å². The molecule has 0 unspecified atom stereocenters. The molecule has 0 aromatic rings. The Morgan fingerprint density at radius 2 is 1.67 bits per heavy atom. The van der Waals surface area contributed by atoms with E-state index >= 15 is 0 Å². The van der Waals surface area contributed by atoms with Crippen molar-refractivity contribution in [3.63, 3.8) is 0 Å². The molecule has 0 amide bonds. The lowest BCUT2D eigenvalue weighted by molar-refractivity contribution is -2.00. The Kier molecular flexibility index (Phi) is 5.36. The van der Waals surface area contributed by atoms with Gasteiger partial charge in [0.05, 0.1) is 0 Å². The standard InChI is InChI=1S/C6H12N.ClHO4/c1-7-5-3-2-4-6-7;2-1(3,4)5/h5H,2-4,6H2,1H3;(H,2,3,4,5)/q+1;/p-1. The van der Waals surface area contributed by atoms with Crippen molar-refractivity contribution in [3.8, 4) is 0 Å². The van der Waals surface area contributed by atoms with Crippen LogP contribution in [0.3, 0.4) is 0 Å². The first-order chi connectivity index (χ1) is 5.39. The molecule has 0 saturated heterocycles. The molecular weight excluding hydrogens is 186 g/mol. The first-order valence-corrected chi connectivity index (χ1v) is 4.78. The Bertz CT molecular complexity index is 148. The fraction of sp³-hybridized carbons (Fsp3) is 0.833. The van der Waals surface area contributed by atoms with Gasteiger partial charge in [-0.05, 0) is 6.42 Å². The van der Waals surface area contributed by atoms with Crippen LogP contribution in [0.2, 0.25) is 0 Å². The molecule has 0 radical (unpaired) electrons. The third kappa shape index (κ3) is 12.5. The number of hydrogen-bond donors (Lipinski definition) is 0. The number of rotatable bonds is 0. The van der Waals surface area contributed by atoms with Gasteiger partial charge in [-0.1, -0.05) is 0 Å². The maximum absolute atomic E-state index is 8.49. The molecule has 0 aromatic carbocycles. The summed E-state index contributed by atoms with van der Waals surface area (Å²) in [7, 11) is -2.81. The SMILES string of the molecule is C[N+]1=CCCCC1.[O-][Cl+3]([O-])([O-])[O-]. The highest BCUT2D eigenvalue weighted by Gasteiger charge is 2.01. The summed E-state index contributed by atoms with van der Waals surface area (Å²) < 4.78 is 36.2. The fourth-order valence-corrected chi connectivity index (χ4v) is 0.909. The van der Waals surface area contributed by atoms with Crippen LogP contribution in [0.1, 0.15) is 19.3 Å². The average Bonchev–Trinajstić information content (AvgIpc) is 1.85. The highest BCUT2D eigenvalue weighted by Crippen LogP contribution is 1.97. The van der Waals surface area contributed by atoms with E-state index in [1.165, 1.54) is 25.8 Å². The Hall–Kier alpha value is -0.200. The summed E-state index contributed by atoms with van der Waals surface area (Å²) >= 11 is 0. The Labute approximate surface area is 73.3 Å². The molecule has 1 aliphatic rings. The summed E-state index contributed by atoms with van der Waals surface area (Å²) in [5, 5.41) is 0. The van der Waals surface area contributed by atoms with Crippen molar-refractivity contribution in [1.29, 1.82) is 0 Å². The van der Waals surface area contributed by atoms with Crippen molar-refractivity contribution in [3.05, 3.63) is 0 Å². The van der Waals surface area contributed by atoms with Gasteiger partial charge >= 0.3 is 0 Å². The topological polar surface area (TPSA) is 95.2 Å². The highest BCUT2D eigenvalue weighted by molar-refractivity contribution is 5.51. The smallest absolute Gasteiger partial charge is 0.142 e. The van der Waals surface area contributed by atoms with Crippen molar-refractivity contribution in [1.82, 2.24) is 0 Å². The van der Waals surface area contributed by atoms with Crippen LogP contribution < -0.4 is 18.6 Å². The third-order valence-corrected chi connectivity index (χ3v) is 1.41. The zero-order valence-electron chi connectivity index (χ0n) is 6.86. The maximum atomic E-state index is 8.49. The first kappa shape index (κ1) is 11.8. The van der Waals surface area contributed by atoms with E-state index < -0.39 is 10.2 Å². The molecule has 6 heteroatoms. The van der Waals surface area contributed by atoms with Gasteiger partial charge in [0, 0.05) is 12.8 Å². The molecule has 0 saturated carbocycles. The van der Waals surface area contributed by atoms with E-state index in [0.29, 0.717) is 0 Å². The molecule has 0 spiro atoms. The van der Waals surface area contributed by atoms with Crippen molar-refractivity contribution < 1.29 is 33.5 Å². The highest BCUT2D eigenvalue weighted by atomic mass is 35.7. The molecule has 72 valence electrons. The van der Waals surface area contributed by atoms with E-state index in [4.69, 9.17) is 18.6 Å². The van der Waals surface area contributed by atoms with E-state index in [1.807, 2.05) is 0 Å². The minimum absolute atomic E-state index is 1.26. The minimum atomic E-state index is -4.94. The average molecular weight is 198 g/mol. The lowest BCUT2D eigenvalue weighted by Gasteiger charge is -2.17. The van der Waals surface area contributed by atoms with Gasteiger partial charge in [0.1, 0.15) is 19.8 Å². The fourth-order valence-electron chi connectivity index (χ4n) is 0.909. The summed E-state index contributed by atoms with van der Waals surface area (Å²) in [6.45, 7) is 1.26. The van der Waals surface area contributed by atoms with Crippen molar-refractivity contribution in [2.45, 2.75) is 19.3 Å². The van der Waals surface area contributed by atoms with E-state index in [-0.39, 0.29) is 0 Å². The number of hydrogen-bond acceptors (Lipinski definition) is 4. The second-order valence-corrected chi connectivity index (χ2v) is 3.29. The van der Waals surface area contributed by atoms with Crippen LogP contribution in [0.5, 0.6) is 0 Å². The number of nitrogens with zero attached hydrogens (tertiary/aromatic N) is 1. The normalized spacial score (nSPS) is 17.6. The zero-order chi connectivity index (χ0) is 9.61. The molecule has 0 atom stereocenters. The zero-order valence-corrected chi connectivity index (χ0v) is 7.62. The summed E-state index contributed by atoms with van der Waals surface area (Å²) in [6.07, 6.45) is 6.33. The van der Waals surface area contributed by atoms with Crippen LogP contribution in [-0.2, 0) is 0 Å². The molecular formula is C6H12ClNO4. The van der Waals surface area contributed by atoms with Crippen LogP contribution in [-0.4, -0.2) is 24.4 Å². The summed E-state index contributed by atoms with van der Waals surface area (Å²) in [6, 6.07) is 0. The molecule has 12 heavy (non-hydrogen) atoms. The molecule has 1 rings (SSSR count). The summed E-state index contributed by atoms with van der Waals surface area (Å²) in [4.78, 5) is 0. The Morgan fingerprint density at radius 1 is 1.17 bits per heavy atom. The quantitative estimate of drug-likeness (QED) is 0.371. The lowest BCUT2D eigenvalue weighted by atomic mass is 10.2. The molecule has 0 bridgehead atoms. The lowest BCUT2D eigenvalue weighted by Crippen LogP contribution is -2.68. The molecule has 5 nitrogen and oxygen atoms in total. The molecule has 1 aliphatic heterocycles. The Balaban J connectivity index is 0.000000217. The van der Waals surface area contributed by atoms with Crippen LogP contribution in [0, 0.1) is 10.2 Å². The predicted octanol–water partition coefficient (Wildman–Crippen LogP) is -3.87. The second-order valence-electron chi connectivity index (χ2n) is 2.54. The molecule has 0 N–H and O–H groups in total. The predicted molar refractivity (Wildman–Crippen MR) is 31.0 cm³/mol. The van der Waals surface area contributed by atoms with Crippen molar-refractivity contribution in [2.24, 2.45) is 0 Å². The summed E-state index contributed by atoms with van der Waals surface area (Å²) in [5.41, 5.74) is 0. The molecule has 0 aliphatic carbocycles. The largest absolute Gasteiger partial charge is 0.242 e. The van der Waals surface area contributed by atoms with Crippen LogP contribution in [0.25, 0.3) is 0 Å². The monoisotopic (exact) mass is 197 g/mol. The van der Waals surface area contributed by atoms with E-state index in [9.17, 15) is 0 Å². The van der Waals surface area contributed by atoms with E-state index in [1.54, 1.807) is 0 Å². The van der Waals surface area contributed by atoms with Gasteiger partial charge in [-0.25, -0.2) is 23.2 Å². The van der Waals surface area contributed by atoms with Gasteiger partial charge in [0.15, 0.2) is 0 Å². The van der Waals surface area contributed by atoms with Crippen molar-refractivity contribution in [2.75, 3.05) is 13.6 Å². The maximum Gasteiger partial charge on any atom is 0.142 e. The van der Waals surface area contributed by atoms with Crippen LogP contribution in [0.15, 0.2) is 0 Å². The molecule has 0 aromatic heterocycles. The van der Waals surface area contributed by atoms with Crippen molar-refractivity contribution >= 4 is 6.21 Å².